The van der Waals surface area contributed by atoms with Gasteiger partial charge in [0.25, 0.3) is 5.91 Å². The minimum absolute atomic E-state index is 0.188. The number of carbonyl (C=O) groups excluding carboxylic acids is 1. The van der Waals surface area contributed by atoms with Gasteiger partial charge < -0.3 is 5.32 Å². The van der Waals surface area contributed by atoms with Gasteiger partial charge in [-0.25, -0.2) is 9.67 Å². The monoisotopic (exact) mass is 375 g/mol. The van der Waals surface area contributed by atoms with Crippen LogP contribution in [-0.2, 0) is 6.18 Å². The molecule has 0 saturated heterocycles. The number of carbonyl (C=O) groups is 1. The van der Waals surface area contributed by atoms with Crippen LogP contribution in [0.3, 0.4) is 0 Å². The molecule has 2 aromatic heterocycles. The highest BCUT2D eigenvalue weighted by Crippen LogP contribution is 2.29. The van der Waals surface area contributed by atoms with Gasteiger partial charge >= 0.3 is 6.18 Å². The fourth-order valence-electron chi connectivity index (χ4n) is 2.24. The molecule has 0 bridgehead atoms. The van der Waals surface area contributed by atoms with Crippen LogP contribution in [0.15, 0.2) is 48.7 Å². The van der Waals surface area contributed by atoms with Gasteiger partial charge in [0.2, 0.25) is 5.95 Å². The Balaban J connectivity index is 1.84. The molecule has 1 amide bonds. The molecule has 10 heteroatoms. The molecule has 27 heavy (non-hydrogen) atoms. The van der Waals surface area contributed by atoms with E-state index in [2.05, 4.69) is 15.4 Å². The minimum atomic E-state index is -4.68. The SMILES string of the molecule is N#Cc1cc(C(F)(F)F)nn1-c1ccc(NC(=O)c2cccnc2F)cc1. The van der Waals surface area contributed by atoms with Crippen LogP contribution < -0.4 is 5.32 Å². The number of halogens is 4. The fraction of sp³-hybridized carbons (Fsp3) is 0.0588. The summed E-state index contributed by atoms with van der Waals surface area (Å²) in [6, 6.07) is 10.4. The summed E-state index contributed by atoms with van der Waals surface area (Å²) in [4.78, 5) is 15.4. The molecule has 6 nitrogen and oxygen atoms in total. The number of anilines is 1. The van der Waals surface area contributed by atoms with Crippen molar-refractivity contribution in [3.63, 3.8) is 0 Å². The quantitative estimate of drug-likeness (QED) is 0.561. The van der Waals surface area contributed by atoms with Crippen LogP contribution in [-0.4, -0.2) is 20.7 Å². The normalized spacial score (nSPS) is 11.1. The predicted molar refractivity (Wildman–Crippen MR) is 85.4 cm³/mol. The van der Waals surface area contributed by atoms with Crippen molar-refractivity contribution >= 4 is 11.6 Å². The lowest BCUT2D eigenvalue weighted by Crippen LogP contribution is -2.14. The number of amides is 1. The van der Waals surface area contributed by atoms with E-state index in [0.717, 1.165) is 4.68 Å². The van der Waals surface area contributed by atoms with Gasteiger partial charge in [0.1, 0.15) is 11.8 Å². The van der Waals surface area contributed by atoms with Crippen molar-refractivity contribution in [1.82, 2.24) is 14.8 Å². The Labute approximate surface area is 149 Å². The Kier molecular flexibility index (Phi) is 4.60. The molecule has 0 fully saturated rings. The van der Waals surface area contributed by atoms with Crippen LogP contribution in [0.4, 0.5) is 23.2 Å². The maximum absolute atomic E-state index is 13.5. The summed E-state index contributed by atoms with van der Waals surface area (Å²) in [5.74, 6) is -1.66. The molecule has 1 aromatic carbocycles. The second-order valence-corrected chi connectivity index (χ2v) is 5.28. The van der Waals surface area contributed by atoms with E-state index < -0.39 is 23.7 Å². The molecule has 0 unspecified atom stereocenters. The molecule has 136 valence electrons. The Hall–Kier alpha value is -3.74. The molecule has 0 aliphatic carbocycles. The molecule has 1 N–H and O–H groups in total. The highest BCUT2D eigenvalue weighted by atomic mass is 19.4. The summed E-state index contributed by atoms with van der Waals surface area (Å²) in [6.45, 7) is 0. The van der Waals surface area contributed by atoms with E-state index in [9.17, 15) is 22.4 Å². The number of rotatable bonds is 3. The number of aromatic nitrogens is 3. The van der Waals surface area contributed by atoms with E-state index in [1.165, 1.54) is 42.6 Å². The second kappa shape index (κ2) is 6.87. The van der Waals surface area contributed by atoms with Crippen LogP contribution in [0, 0.1) is 17.3 Å². The molecule has 0 saturated carbocycles. The van der Waals surface area contributed by atoms with E-state index in [0.29, 0.717) is 6.07 Å². The van der Waals surface area contributed by atoms with Gasteiger partial charge in [0, 0.05) is 18.0 Å². The van der Waals surface area contributed by atoms with Crippen molar-refractivity contribution < 1.29 is 22.4 Å². The Morgan fingerprint density at radius 2 is 1.89 bits per heavy atom. The van der Waals surface area contributed by atoms with Gasteiger partial charge in [0.15, 0.2) is 5.69 Å². The molecule has 0 aliphatic heterocycles. The lowest BCUT2D eigenvalue weighted by molar-refractivity contribution is -0.141. The molecule has 0 radical (unpaired) electrons. The first-order chi connectivity index (χ1) is 12.8. The smallest absolute Gasteiger partial charge is 0.322 e. The molecule has 2 heterocycles. The van der Waals surface area contributed by atoms with Crippen molar-refractivity contribution in [1.29, 1.82) is 5.26 Å². The van der Waals surface area contributed by atoms with Crippen LogP contribution in [0.25, 0.3) is 5.69 Å². The zero-order valence-electron chi connectivity index (χ0n) is 13.3. The largest absolute Gasteiger partial charge is 0.435 e. The maximum Gasteiger partial charge on any atom is 0.435 e. The Morgan fingerprint density at radius 1 is 1.19 bits per heavy atom. The minimum Gasteiger partial charge on any atom is -0.322 e. The summed E-state index contributed by atoms with van der Waals surface area (Å²) in [5.41, 5.74) is -1.28. The third-order valence-electron chi connectivity index (χ3n) is 3.49. The zero-order valence-corrected chi connectivity index (χ0v) is 13.3. The first kappa shape index (κ1) is 18.1. The number of benzene rings is 1. The summed E-state index contributed by atoms with van der Waals surface area (Å²) < 4.78 is 52.6. The van der Waals surface area contributed by atoms with Crippen LogP contribution in [0.2, 0.25) is 0 Å². The van der Waals surface area contributed by atoms with Gasteiger partial charge in [-0.3, -0.25) is 4.79 Å². The Bertz CT molecular complexity index is 1030. The molecule has 3 rings (SSSR count). The van der Waals surface area contributed by atoms with E-state index in [1.807, 2.05) is 0 Å². The van der Waals surface area contributed by atoms with E-state index >= 15 is 0 Å². The molecule has 0 spiro atoms. The molecular formula is C17H9F4N5O. The summed E-state index contributed by atoms with van der Waals surface area (Å²) in [5, 5.41) is 14.8. The summed E-state index contributed by atoms with van der Waals surface area (Å²) in [6.07, 6.45) is -3.48. The predicted octanol–water partition coefficient (Wildman–Crippen LogP) is 3.55. The average molecular weight is 375 g/mol. The van der Waals surface area contributed by atoms with Crippen molar-refractivity contribution in [3.05, 3.63) is 71.6 Å². The highest BCUT2D eigenvalue weighted by molar-refractivity contribution is 6.04. The first-order valence-electron chi connectivity index (χ1n) is 7.39. The maximum atomic E-state index is 13.5. The molecule has 0 atom stereocenters. The number of alkyl halides is 3. The summed E-state index contributed by atoms with van der Waals surface area (Å²) >= 11 is 0. The highest BCUT2D eigenvalue weighted by Gasteiger charge is 2.35. The van der Waals surface area contributed by atoms with E-state index in [4.69, 9.17) is 5.26 Å². The van der Waals surface area contributed by atoms with E-state index in [-0.39, 0.29) is 22.6 Å². The Morgan fingerprint density at radius 3 is 2.48 bits per heavy atom. The van der Waals surface area contributed by atoms with Gasteiger partial charge in [-0.2, -0.15) is 27.9 Å². The molecule has 0 aliphatic rings. The van der Waals surface area contributed by atoms with Crippen LogP contribution in [0.5, 0.6) is 0 Å². The number of nitriles is 1. The van der Waals surface area contributed by atoms with Gasteiger partial charge in [-0.1, -0.05) is 0 Å². The van der Waals surface area contributed by atoms with Gasteiger partial charge in [-0.15, -0.1) is 0 Å². The lowest BCUT2D eigenvalue weighted by Gasteiger charge is -2.08. The number of pyridine rings is 1. The fourth-order valence-corrected chi connectivity index (χ4v) is 2.24. The van der Waals surface area contributed by atoms with E-state index in [1.54, 1.807) is 6.07 Å². The second-order valence-electron chi connectivity index (χ2n) is 5.28. The number of hydrogen-bond acceptors (Lipinski definition) is 4. The number of nitrogens with one attached hydrogen (secondary N) is 1. The molecular weight excluding hydrogens is 366 g/mol. The summed E-state index contributed by atoms with van der Waals surface area (Å²) in [7, 11) is 0. The lowest BCUT2D eigenvalue weighted by atomic mass is 10.2. The topological polar surface area (TPSA) is 83.6 Å². The zero-order chi connectivity index (χ0) is 19.6. The van der Waals surface area contributed by atoms with Crippen LogP contribution in [0.1, 0.15) is 21.7 Å². The number of nitrogens with zero attached hydrogens (tertiary/aromatic N) is 4. The van der Waals surface area contributed by atoms with Crippen molar-refractivity contribution in [2.45, 2.75) is 6.18 Å². The van der Waals surface area contributed by atoms with Crippen molar-refractivity contribution in [2.75, 3.05) is 5.32 Å². The number of hydrogen-bond donors (Lipinski definition) is 1. The van der Waals surface area contributed by atoms with Gasteiger partial charge in [0.05, 0.1) is 11.3 Å². The van der Waals surface area contributed by atoms with Crippen molar-refractivity contribution in [3.8, 4) is 11.8 Å². The van der Waals surface area contributed by atoms with Crippen LogP contribution >= 0.6 is 0 Å². The first-order valence-corrected chi connectivity index (χ1v) is 7.39. The molecule has 3 aromatic rings. The standard InChI is InChI=1S/C17H9F4N5O/c18-15-13(2-1-7-23-15)16(27)24-10-3-5-11(6-4-10)26-12(9-22)8-14(25-26)17(19,20)21/h1-8H,(H,24,27). The van der Waals surface area contributed by atoms with Crippen molar-refractivity contribution in [2.24, 2.45) is 0 Å². The third kappa shape index (κ3) is 3.77. The average Bonchev–Trinajstić information content (AvgIpc) is 3.07. The van der Waals surface area contributed by atoms with Gasteiger partial charge in [-0.05, 0) is 36.4 Å². The third-order valence-corrected chi connectivity index (χ3v) is 3.49.